The Morgan fingerprint density at radius 2 is 1.72 bits per heavy atom. The molecular weight excluding hydrogens is 465 g/mol. The van der Waals surface area contributed by atoms with Gasteiger partial charge in [0.2, 0.25) is 0 Å². The highest BCUT2D eigenvalue weighted by Crippen LogP contribution is 2.53. The number of carbonyl (C=O) groups excluding carboxylic acids is 3. The van der Waals surface area contributed by atoms with Crippen molar-refractivity contribution >= 4 is 29.0 Å². The van der Waals surface area contributed by atoms with Crippen LogP contribution < -0.4 is 4.90 Å². The first-order valence-electron chi connectivity index (χ1n) is 12.2. The number of Topliss-reactive ketones (excluding diaryl/α,β-unsaturated/α-hetero) is 1. The van der Waals surface area contributed by atoms with Crippen LogP contribution in [0.4, 0.5) is 10.1 Å². The Hall–Kier alpha value is -3.56. The average molecular weight is 494 g/mol. The number of nitrogens with zero attached hydrogens (tertiary/aromatic N) is 3. The Bertz CT molecular complexity index is 1240. The van der Waals surface area contributed by atoms with Gasteiger partial charge in [0.25, 0.3) is 17.6 Å². The molecule has 0 radical (unpaired) electrons. The van der Waals surface area contributed by atoms with Crippen molar-refractivity contribution in [2.45, 2.75) is 18.9 Å². The molecule has 0 saturated carbocycles. The zero-order chi connectivity index (χ0) is 25.4. The van der Waals surface area contributed by atoms with Crippen LogP contribution in [0, 0.1) is 5.82 Å². The summed E-state index contributed by atoms with van der Waals surface area (Å²) >= 11 is 0. The second-order valence-corrected chi connectivity index (χ2v) is 9.10. The molecule has 0 bridgehead atoms. The van der Waals surface area contributed by atoms with Gasteiger partial charge in [0.15, 0.2) is 5.54 Å². The first-order chi connectivity index (χ1) is 17.4. The molecule has 3 aliphatic rings. The number of anilines is 1. The monoisotopic (exact) mass is 493 g/mol. The highest BCUT2D eigenvalue weighted by atomic mass is 19.1. The van der Waals surface area contributed by atoms with Crippen LogP contribution in [0.5, 0.6) is 0 Å². The van der Waals surface area contributed by atoms with E-state index in [9.17, 15) is 23.9 Å². The number of hydrogen-bond acceptors (Lipinski definition) is 6. The topological polar surface area (TPSA) is 90.4 Å². The summed E-state index contributed by atoms with van der Waals surface area (Å²) in [5.41, 5.74) is -0.841. The van der Waals surface area contributed by atoms with E-state index in [4.69, 9.17) is 4.74 Å². The van der Waals surface area contributed by atoms with Crippen molar-refractivity contribution in [3.05, 3.63) is 71.0 Å². The van der Waals surface area contributed by atoms with Crippen LogP contribution in [0.2, 0.25) is 0 Å². The number of ketones is 1. The lowest BCUT2D eigenvalue weighted by molar-refractivity contribution is -0.143. The van der Waals surface area contributed by atoms with Gasteiger partial charge >= 0.3 is 0 Å². The summed E-state index contributed by atoms with van der Waals surface area (Å²) in [7, 11) is 0. The van der Waals surface area contributed by atoms with Crippen molar-refractivity contribution < 1.29 is 28.6 Å². The maximum atomic E-state index is 14.1. The number of likely N-dealkylation sites (N-methyl/N-ethyl adjacent to an activating group) is 1. The number of morpholine rings is 1. The number of para-hydroxylation sites is 1. The second kappa shape index (κ2) is 9.48. The number of aliphatic hydroxyl groups excluding tert-OH is 1. The SMILES string of the molecule is CCN1C(=O)C2(/C(=C(/O)c3ccc(F)cc3)C(=O)C(=O)N2CCCN2CCOCC2)c2ccccc21. The lowest BCUT2D eigenvalue weighted by Crippen LogP contribution is -2.52. The number of rotatable bonds is 6. The maximum absolute atomic E-state index is 14.1. The summed E-state index contributed by atoms with van der Waals surface area (Å²) in [5.74, 6) is -3.22. The van der Waals surface area contributed by atoms with Gasteiger partial charge in [-0.2, -0.15) is 0 Å². The van der Waals surface area contributed by atoms with Crippen LogP contribution in [-0.2, 0) is 24.7 Å². The molecule has 9 heteroatoms. The van der Waals surface area contributed by atoms with Gasteiger partial charge in [-0.1, -0.05) is 18.2 Å². The van der Waals surface area contributed by atoms with E-state index in [1.807, 2.05) is 6.92 Å². The third-order valence-corrected chi connectivity index (χ3v) is 7.20. The van der Waals surface area contributed by atoms with Crippen molar-refractivity contribution in [1.29, 1.82) is 0 Å². The normalized spacial score (nSPS) is 23.7. The summed E-state index contributed by atoms with van der Waals surface area (Å²) in [6.07, 6.45) is 0.535. The highest BCUT2D eigenvalue weighted by Gasteiger charge is 2.66. The van der Waals surface area contributed by atoms with Gasteiger partial charge in [-0.15, -0.1) is 0 Å². The molecule has 0 aliphatic carbocycles. The van der Waals surface area contributed by atoms with Crippen LogP contribution in [-0.4, -0.2) is 78.4 Å². The van der Waals surface area contributed by atoms with Crippen LogP contribution in [0.1, 0.15) is 24.5 Å². The van der Waals surface area contributed by atoms with Gasteiger partial charge in [-0.25, -0.2) is 4.39 Å². The molecule has 2 saturated heterocycles. The molecule has 1 N–H and O–H groups in total. The molecule has 36 heavy (non-hydrogen) atoms. The zero-order valence-corrected chi connectivity index (χ0v) is 20.1. The first kappa shape index (κ1) is 24.1. The number of amides is 2. The smallest absolute Gasteiger partial charge is 0.296 e. The van der Waals surface area contributed by atoms with Crippen LogP contribution in [0.15, 0.2) is 54.1 Å². The van der Waals surface area contributed by atoms with Gasteiger partial charge < -0.3 is 19.6 Å². The minimum atomic E-state index is -1.79. The fourth-order valence-electron chi connectivity index (χ4n) is 5.51. The summed E-state index contributed by atoms with van der Waals surface area (Å²) in [6.45, 7) is 5.80. The first-order valence-corrected chi connectivity index (χ1v) is 12.2. The minimum absolute atomic E-state index is 0.153. The molecule has 2 aromatic carbocycles. The molecule has 3 aliphatic heterocycles. The van der Waals surface area contributed by atoms with Crippen LogP contribution >= 0.6 is 0 Å². The van der Waals surface area contributed by atoms with Crippen LogP contribution in [0.3, 0.4) is 0 Å². The standard InChI is InChI=1S/C27H28FN3O5/c1-2-30-21-7-4-3-6-20(21)27(26(30)35)22(23(32)18-8-10-19(28)11-9-18)24(33)25(34)31(27)13-5-12-29-14-16-36-17-15-29/h3-4,6-11,32H,2,5,12-17H2,1H3/b23-22+. The van der Waals surface area contributed by atoms with Crippen molar-refractivity contribution in [3.8, 4) is 0 Å². The van der Waals surface area contributed by atoms with Gasteiger partial charge in [-0.3, -0.25) is 19.3 Å². The average Bonchev–Trinajstić information content (AvgIpc) is 3.27. The lowest BCUT2D eigenvalue weighted by Gasteiger charge is -2.35. The quantitative estimate of drug-likeness (QED) is 0.378. The van der Waals surface area contributed by atoms with E-state index in [1.165, 1.54) is 21.9 Å². The number of aliphatic hydroxyl groups is 1. The van der Waals surface area contributed by atoms with Crippen molar-refractivity contribution in [1.82, 2.24) is 9.80 Å². The van der Waals surface area contributed by atoms with Gasteiger partial charge in [0, 0.05) is 43.9 Å². The van der Waals surface area contributed by atoms with Crippen molar-refractivity contribution in [2.75, 3.05) is 50.8 Å². The van der Waals surface area contributed by atoms with E-state index >= 15 is 0 Å². The second-order valence-electron chi connectivity index (χ2n) is 9.10. The van der Waals surface area contributed by atoms with E-state index in [2.05, 4.69) is 4.90 Å². The summed E-state index contributed by atoms with van der Waals surface area (Å²) < 4.78 is 19.0. The number of ether oxygens (including phenoxy) is 1. The number of hydrogen-bond donors (Lipinski definition) is 1. The van der Waals surface area contributed by atoms with Gasteiger partial charge in [0.1, 0.15) is 11.6 Å². The molecule has 1 unspecified atom stereocenters. The molecule has 188 valence electrons. The molecule has 1 spiro atoms. The van der Waals surface area contributed by atoms with E-state index < -0.39 is 34.7 Å². The molecule has 1 atom stereocenters. The molecule has 8 nitrogen and oxygen atoms in total. The third-order valence-electron chi connectivity index (χ3n) is 7.20. The number of carbonyl (C=O) groups is 3. The lowest BCUT2D eigenvalue weighted by atomic mass is 9.82. The largest absolute Gasteiger partial charge is 0.507 e. The fourth-order valence-corrected chi connectivity index (χ4v) is 5.51. The number of fused-ring (bicyclic) bond motifs is 2. The molecule has 0 aromatic heterocycles. The molecule has 3 heterocycles. The molecular formula is C27H28FN3O5. The Balaban J connectivity index is 1.64. The Morgan fingerprint density at radius 1 is 1.03 bits per heavy atom. The Morgan fingerprint density at radius 3 is 2.42 bits per heavy atom. The molecule has 2 aromatic rings. The van der Waals surface area contributed by atoms with E-state index in [1.54, 1.807) is 24.3 Å². The van der Waals surface area contributed by atoms with Crippen LogP contribution in [0.25, 0.3) is 5.76 Å². The Labute approximate surface area is 208 Å². The summed E-state index contributed by atoms with van der Waals surface area (Å²) in [5, 5.41) is 11.3. The number of likely N-dealkylation sites (tertiary alicyclic amines) is 1. The summed E-state index contributed by atoms with van der Waals surface area (Å²) in [6, 6.07) is 12.0. The zero-order valence-electron chi connectivity index (χ0n) is 20.1. The third kappa shape index (κ3) is 3.61. The van der Waals surface area contributed by atoms with Gasteiger partial charge in [-0.05, 0) is 43.7 Å². The maximum Gasteiger partial charge on any atom is 0.296 e. The summed E-state index contributed by atoms with van der Waals surface area (Å²) in [4.78, 5) is 46.2. The fraction of sp³-hybridized carbons (Fsp3) is 0.370. The predicted molar refractivity (Wildman–Crippen MR) is 131 cm³/mol. The number of benzene rings is 2. The minimum Gasteiger partial charge on any atom is -0.507 e. The molecule has 5 rings (SSSR count). The Kier molecular flexibility index (Phi) is 6.36. The van der Waals surface area contributed by atoms with Crippen molar-refractivity contribution in [3.63, 3.8) is 0 Å². The van der Waals surface area contributed by atoms with E-state index in [0.29, 0.717) is 44.0 Å². The molecule has 2 amide bonds. The number of halogens is 1. The van der Waals surface area contributed by atoms with E-state index in [-0.39, 0.29) is 17.7 Å². The van der Waals surface area contributed by atoms with E-state index in [0.717, 1.165) is 25.2 Å². The predicted octanol–water partition coefficient (Wildman–Crippen LogP) is 2.49. The molecule has 2 fully saturated rings. The van der Waals surface area contributed by atoms with Gasteiger partial charge in [0.05, 0.1) is 24.5 Å². The van der Waals surface area contributed by atoms with Crippen molar-refractivity contribution in [2.24, 2.45) is 0 Å². The highest BCUT2D eigenvalue weighted by molar-refractivity contribution is 6.50.